The zero-order chi connectivity index (χ0) is 25.8. The molecule has 0 bridgehead atoms. The van der Waals surface area contributed by atoms with Gasteiger partial charge >= 0.3 is 6.18 Å². The third-order valence-corrected chi connectivity index (χ3v) is 7.02. The number of hydrogen-bond donors (Lipinski definition) is 1. The number of ether oxygens (including phenoxy) is 1. The third-order valence-electron chi connectivity index (χ3n) is 7.02. The average Bonchev–Trinajstić information content (AvgIpc) is 3.27. The van der Waals surface area contributed by atoms with E-state index >= 15 is 0 Å². The van der Waals surface area contributed by atoms with Gasteiger partial charge < -0.3 is 15.0 Å². The summed E-state index contributed by atoms with van der Waals surface area (Å²) in [6, 6.07) is 2.16. The Bertz CT molecular complexity index is 909. The van der Waals surface area contributed by atoms with Gasteiger partial charge in [0.25, 0.3) is 5.69 Å². The summed E-state index contributed by atoms with van der Waals surface area (Å²) in [6.07, 6.45) is 0.0184. The van der Waals surface area contributed by atoms with Gasteiger partial charge in [-0.05, 0) is 49.7 Å². The molecule has 0 radical (unpaired) electrons. The van der Waals surface area contributed by atoms with Gasteiger partial charge in [-0.25, -0.2) is 0 Å². The van der Waals surface area contributed by atoms with Crippen LogP contribution >= 0.6 is 0 Å². The van der Waals surface area contributed by atoms with E-state index in [-0.39, 0.29) is 42.9 Å². The highest BCUT2D eigenvalue weighted by molar-refractivity contribution is 5.79. The molecule has 4 atom stereocenters. The van der Waals surface area contributed by atoms with Crippen molar-refractivity contribution in [3.8, 4) is 0 Å². The van der Waals surface area contributed by atoms with E-state index in [4.69, 9.17) is 4.74 Å². The lowest BCUT2D eigenvalue weighted by Gasteiger charge is -2.33. The van der Waals surface area contributed by atoms with E-state index < -0.39 is 22.4 Å². The second kappa shape index (κ2) is 11.7. The van der Waals surface area contributed by atoms with E-state index in [0.717, 1.165) is 38.5 Å². The summed E-state index contributed by atoms with van der Waals surface area (Å²) in [7, 11) is 0. The van der Waals surface area contributed by atoms with Crippen molar-refractivity contribution in [2.75, 3.05) is 19.8 Å². The molecule has 2 fully saturated rings. The molecule has 4 rings (SSSR count). The highest BCUT2D eigenvalue weighted by Crippen LogP contribution is 2.38. The van der Waals surface area contributed by atoms with Crippen molar-refractivity contribution in [3.05, 3.63) is 38.9 Å². The van der Waals surface area contributed by atoms with Crippen molar-refractivity contribution in [1.29, 1.82) is 0 Å². The molecular weight excluding hydrogens is 463 g/mol. The van der Waals surface area contributed by atoms with Crippen LogP contribution in [0.15, 0.2) is 12.1 Å². The summed E-state index contributed by atoms with van der Waals surface area (Å²) in [5.41, 5.74) is -1.05. The lowest BCUT2D eigenvalue weighted by molar-refractivity contribution is -0.385. The molecule has 0 aromatic heterocycles. The molecule has 1 aromatic carbocycles. The minimum atomic E-state index is -4.68. The molecule has 35 heavy (non-hydrogen) atoms. The van der Waals surface area contributed by atoms with Gasteiger partial charge in [0.05, 0.1) is 17.1 Å². The summed E-state index contributed by atoms with van der Waals surface area (Å²) in [4.78, 5) is 25.3. The Balaban J connectivity index is 0.00000108. The number of nitrogens with one attached hydrogen (secondary N) is 1. The Labute approximate surface area is 204 Å². The molecule has 2 heterocycles. The summed E-state index contributed by atoms with van der Waals surface area (Å²) >= 11 is 0. The van der Waals surface area contributed by atoms with Crippen LogP contribution in [0.4, 0.5) is 18.9 Å². The van der Waals surface area contributed by atoms with Crippen LogP contribution in [-0.2, 0) is 28.7 Å². The fraction of sp³-hybridized carbons (Fsp3) is 0.720. The maximum atomic E-state index is 13.2. The lowest BCUT2D eigenvalue weighted by atomic mass is 9.93. The number of benzene rings is 1. The number of carbonyl (C=O) groups is 1. The van der Waals surface area contributed by atoms with Crippen LogP contribution in [0.5, 0.6) is 0 Å². The van der Waals surface area contributed by atoms with Gasteiger partial charge in [-0.15, -0.1) is 0 Å². The molecule has 1 saturated carbocycles. The largest absolute Gasteiger partial charge is 0.416 e. The molecule has 196 valence electrons. The number of nitrogens with zero attached hydrogens (tertiary/aromatic N) is 2. The minimum Gasteiger partial charge on any atom is -0.381 e. The highest BCUT2D eigenvalue weighted by Gasteiger charge is 2.39. The molecule has 1 amide bonds. The molecule has 1 saturated heterocycles. The zero-order valence-electron chi connectivity index (χ0n) is 20.7. The Hall–Kier alpha value is -2.20. The van der Waals surface area contributed by atoms with Crippen molar-refractivity contribution in [3.63, 3.8) is 0 Å². The summed E-state index contributed by atoms with van der Waals surface area (Å²) in [6.45, 7) is 8.12. The SMILES string of the molecule is CC1COCCC1NC1CCC(C(=O)N2CCc3c(cc(C(F)(F)F)cc3[N+](=O)[O-])C2)C1.CCC. The van der Waals surface area contributed by atoms with Gasteiger partial charge in [-0.1, -0.05) is 27.2 Å². The predicted molar refractivity (Wildman–Crippen MR) is 126 cm³/mol. The molecular formula is C25H36F3N3O4. The van der Waals surface area contributed by atoms with Crippen LogP contribution in [0.2, 0.25) is 0 Å². The molecule has 7 nitrogen and oxygen atoms in total. The number of nitro benzene ring substituents is 1. The van der Waals surface area contributed by atoms with E-state index in [1.165, 1.54) is 6.42 Å². The number of fused-ring (bicyclic) bond motifs is 1. The van der Waals surface area contributed by atoms with Crippen molar-refractivity contribution in [1.82, 2.24) is 10.2 Å². The van der Waals surface area contributed by atoms with E-state index in [9.17, 15) is 28.1 Å². The first kappa shape index (κ1) is 27.4. The number of amides is 1. The number of nitro groups is 1. The van der Waals surface area contributed by atoms with Gasteiger partial charge in [-0.2, -0.15) is 13.2 Å². The molecule has 1 N–H and O–H groups in total. The summed E-state index contributed by atoms with van der Waals surface area (Å²) < 4.78 is 45.2. The van der Waals surface area contributed by atoms with Crippen LogP contribution in [-0.4, -0.2) is 47.6 Å². The summed E-state index contributed by atoms with van der Waals surface area (Å²) in [5.74, 6) is 0.167. The zero-order valence-corrected chi connectivity index (χ0v) is 20.7. The Morgan fingerprint density at radius 1 is 1.26 bits per heavy atom. The standard InChI is InChI=1S/C22H28F3N3O4.C3H8/c1-13-12-32-7-5-19(13)26-17-3-2-14(9-17)21(29)27-6-4-18-15(11-27)8-16(22(23,24)25)10-20(18)28(30)31;1-3-2/h8,10,13-14,17,19,26H,2-7,9,11-12H2,1H3;3H2,1-2H3. The number of alkyl halides is 3. The van der Waals surface area contributed by atoms with E-state index in [2.05, 4.69) is 26.1 Å². The Kier molecular flexibility index (Phi) is 9.15. The first-order valence-corrected chi connectivity index (χ1v) is 12.5. The molecule has 4 unspecified atom stereocenters. The van der Waals surface area contributed by atoms with Crippen LogP contribution in [0, 0.1) is 22.0 Å². The van der Waals surface area contributed by atoms with Crippen LogP contribution in [0.1, 0.15) is 69.6 Å². The fourth-order valence-corrected chi connectivity index (χ4v) is 5.24. The van der Waals surface area contributed by atoms with Crippen molar-refractivity contribution in [2.45, 2.75) is 84.1 Å². The van der Waals surface area contributed by atoms with E-state index in [0.29, 0.717) is 30.0 Å². The van der Waals surface area contributed by atoms with Gasteiger partial charge in [0.15, 0.2) is 0 Å². The molecule has 1 aliphatic carbocycles. The van der Waals surface area contributed by atoms with Gasteiger partial charge in [0, 0.05) is 49.3 Å². The molecule has 2 aliphatic heterocycles. The van der Waals surface area contributed by atoms with Crippen molar-refractivity contribution in [2.24, 2.45) is 11.8 Å². The molecule has 1 aromatic rings. The third kappa shape index (κ3) is 6.73. The van der Waals surface area contributed by atoms with Gasteiger partial charge in [0.1, 0.15) is 0 Å². The first-order valence-electron chi connectivity index (χ1n) is 12.5. The van der Waals surface area contributed by atoms with Crippen LogP contribution < -0.4 is 5.32 Å². The second-order valence-electron chi connectivity index (χ2n) is 9.93. The van der Waals surface area contributed by atoms with Gasteiger partial charge in [-0.3, -0.25) is 14.9 Å². The molecule has 0 spiro atoms. The van der Waals surface area contributed by atoms with Crippen molar-refractivity contribution < 1.29 is 27.6 Å². The monoisotopic (exact) mass is 499 g/mol. The average molecular weight is 500 g/mol. The second-order valence-corrected chi connectivity index (χ2v) is 9.93. The van der Waals surface area contributed by atoms with Crippen LogP contribution in [0.25, 0.3) is 0 Å². The number of carbonyl (C=O) groups excluding carboxylic acids is 1. The number of hydrogen-bond acceptors (Lipinski definition) is 5. The fourth-order valence-electron chi connectivity index (χ4n) is 5.24. The lowest BCUT2D eigenvalue weighted by Crippen LogP contribution is -2.46. The van der Waals surface area contributed by atoms with Crippen molar-refractivity contribution >= 4 is 11.6 Å². The smallest absolute Gasteiger partial charge is 0.381 e. The Morgan fingerprint density at radius 3 is 2.60 bits per heavy atom. The quantitative estimate of drug-likeness (QED) is 0.460. The first-order chi connectivity index (χ1) is 16.5. The highest BCUT2D eigenvalue weighted by atomic mass is 19.4. The van der Waals surface area contributed by atoms with E-state index in [1.807, 2.05) is 0 Å². The summed E-state index contributed by atoms with van der Waals surface area (Å²) in [5, 5.41) is 15.0. The maximum Gasteiger partial charge on any atom is 0.416 e. The number of rotatable bonds is 4. The molecule has 3 aliphatic rings. The number of halogens is 3. The Morgan fingerprint density at radius 2 is 1.97 bits per heavy atom. The predicted octanol–water partition coefficient (Wildman–Crippen LogP) is 5.10. The molecule has 10 heteroatoms. The van der Waals surface area contributed by atoms with Gasteiger partial charge in [0.2, 0.25) is 5.91 Å². The van der Waals surface area contributed by atoms with Crippen LogP contribution in [0.3, 0.4) is 0 Å². The maximum absolute atomic E-state index is 13.2. The van der Waals surface area contributed by atoms with E-state index in [1.54, 1.807) is 4.90 Å². The minimum absolute atomic E-state index is 0.0233. The topological polar surface area (TPSA) is 84.7 Å². The normalized spacial score (nSPS) is 26.5.